The van der Waals surface area contributed by atoms with E-state index in [2.05, 4.69) is 0 Å². The third kappa shape index (κ3) is 5.93. The minimum absolute atomic E-state index is 0.354. The minimum atomic E-state index is -5.45. The lowest BCUT2D eigenvalue weighted by Crippen LogP contribution is -2.16. The maximum Gasteiger partial charge on any atom is 0.654 e. The SMILES string of the molecule is Cc1cc(C(=O)OP(=O)(OC(=O)c2cc(C)c(C)c(C)c2O)OC(=O)c2cc(C)c(C)c(C)c2O)c(O)c(C)c1C. The molecule has 0 aromatic heterocycles. The number of phosphoric ester groups is 1. The standard InChI is InChI=1S/C30H33O10P/c1-13-10-22(25(31)19(7)16(13)4)28(34)38-41(37,39-29(35)23-11-14(2)17(5)20(8)26(23)32)40-30(36)24-12-15(3)18(6)21(9)27(24)33/h10-12,31-33H,1-9H3. The first-order valence-corrected chi connectivity index (χ1v) is 14.1. The Labute approximate surface area is 238 Å². The van der Waals surface area contributed by atoms with E-state index in [0.717, 1.165) is 0 Å². The molecular weight excluding hydrogens is 551 g/mol. The molecule has 218 valence electrons. The van der Waals surface area contributed by atoms with Gasteiger partial charge in [0.1, 0.15) is 33.9 Å². The van der Waals surface area contributed by atoms with Crippen LogP contribution in [0.4, 0.5) is 0 Å². The molecule has 3 N–H and O–H groups in total. The molecule has 0 fully saturated rings. The minimum Gasteiger partial charge on any atom is -0.507 e. The van der Waals surface area contributed by atoms with Crippen LogP contribution in [0.1, 0.15) is 81.1 Å². The maximum atomic E-state index is 13.8. The van der Waals surface area contributed by atoms with Gasteiger partial charge in [0.25, 0.3) is 0 Å². The molecule has 10 nitrogen and oxygen atoms in total. The molecule has 3 rings (SSSR count). The first-order chi connectivity index (χ1) is 18.9. The van der Waals surface area contributed by atoms with Crippen LogP contribution in [0, 0.1) is 62.3 Å². The zero-order valence-corrected chi connectivity index (χ0v) is 25.3. The molecule has 11 heteroatoms. The fourth-order valence-corrected chi connectivity index (χ4v) is 5.20. The van der Waals surface area contributed by atoms with Gasteiger partial charge in [-0.05, 0) is 131 Å². The predicted molar refractivity (Wildman–Crippen MR) is 151 cm³/mol. The number of hydrogen-bond acceptors (Lipinski definition) is 10. The van der Waals surface area contributed by atoms with Crippen molar-refractivity contribution in [1.29, 1.82) is 0 Å². The van der Waals surface area contributed by atoms with E-state index in [1.54, 1.807) is 62.3 Å². The van der Waals surface area contributed by atoms with Crippen molar-refractivity contribution in [2.24, 2.45) is 0 Å². The Balaban J connectivity index is 2.10. The van der Waals surface area contributed by atoms with Crippen LogP contribution in [0.5, 0.6) is 17.2 Å². The molecule has 0 radical (unpaired) electrons. The lowest BCUT2D eigenvalue weighted by atomic mass is 9.99. The number of hydrogen-bond donors (Lipinski definition) is 3. The number of phosphoric acid groups is 1. The van der Waals surface area contributed by atoms with Gasteiger partial charge in [-0.3, -0.25) is 0 Å². The summed E-state index contributed by atoms with van der Waals surface area (Å²) in [6, 6.07) is 3.85. The quantitative estimate of drug-likeness (QED) is 0.271. The second-order valence-electron chi connectivity index (χ2n) is 10.1. The van der Waals surface area contributed by atoms with Gasteiger partial charge in [0.2, 0.25) is 0 Å². The van der Waals surface area contributed by atoms with Gasteiger partial charge < -0.3 is 28.9 Å². The Morgan fingerprint density at radius 2 is 0.707 bits per heavy atom. The highest BCUT2D eigenvalue weighted by atomic mass is 31.2. The smallest absolute Gasteiger partial charge is 0.507 e. The van der Waals surface area contributed by atoms with E-state index >= 15 is 0 Å². The van der Waals surface area contributed by atoms with Crippen molar-refractivity contribution < 1.29 is 47.8 Å². The van der Waals surface area contributed by atoms with Crippen LogP contribution in [0.15, 0.2) is 18.2 Å². The average molecular weight is 585 g/mol. The topological polar surface area (TPSA) is 157 Å². The molecule has 41 heavy (non-hydrogen) atoms. The second-order valence-corrected chi connectivity index (χ2v) is 11.5. The monoisotopic (exact) mass is 584 g/mol. The molecule has 3 aromatic rings. The summed E-state index contributed by atoms with van der Waals surface area (Å²) in [5, 5.41) is 31.7. The molecule has 0 spiro atoms. The summed E-state index contributed by atoms with van der Waals surface area (Å²) in [5.74, 6) is -5.61. The number of phenols is 3. The van der Waals surface area contributed by atoms with Crippen molar-refractivity contribution >= 4 is 25.7 Å². The van der Waals surface area contributed by atoms with Crippen molar-refractivity contribution in [3.8, 4) is 17.2 Å². The third-order valence-electron chi connectivity index (χ3n) is 7.62. The fraction of sp³-hybridized carbons (Fsp3) is 0.300. The van der Waals surface area contributed by atoms with Crippen molar-refractivity contribution in [3.63, 3.8) is 0 Å². The molecular formula is C30H33O10P. The lowest BCUT2D eigenvalue weighted by molar-refractivity contribution is 0.0469. The van der Waals surface area contributed by atoms with Gasteiger partial charge in [0.15, 0.2) is 0 Å². The van der Waals surface area contributed by atoms with Crippen molar-refractivity contribution in [1.82, 2.24) is 0 Å². The maximum absolute atomic E-state index is 13.8. The van der Waals surface area contributed by atoms with Crippen LogP contribution in [0.2, 0.25) is 0 Å². The van der Waals surface area contributed by atoms with Crippen LogP contribution in [0.25, 0.3) is 0 Å². The van der Waals surface area contributed by atoms with E-state index in [9.17, 15) is 34.3 Å². The van der Waals surface area contributed by atoms with Gasteiger partial charge in [-0.25, -0.2) is 14.4 Å². The second kappa shape index (κ2) is 11.3. The first kappa shape index (κ1) is 31.2. The molecule has 0 saturated carbocycles. The number of carbonyl (C=O) groups excluding carboxylic acids is 3. The zero-order valence-electron chi connectivity index (χ0n) is 24.4. The highest BCUT2D eigenvalue weighted by Crippen LogP contribution is 2.53. The van der Waals surface area contributed by atoms with E-state index in [4.69, 9.17) is 13.6 Å². The summed E-state index contributed by atoms with van der Waals surface area (Å²) in [6.45, 7) is 14.9. The average Bonchev–Trinajstić information content (AvgIpc) is 2.90. The molecule has 0 amide bonds. The summed E-state index contributed by atoms with van der Waals surface area (Å²) in [4.78, 5) is 39.4. The summed E-state index contributed by atoms with van der Waals surface area (Å²) in [5.41, 5.74) is 3.72. The molecule has 3 aromatic carbocycles. The Morgan fingerprint density at radius 3 is 0.927 bits per heavy atom. The number of rotatable bonds is 6. The largest absolute Gasteiger partial charge is 0.654 e. The molecule has 0 saturated heterocycles. The van der Waals surface area contributed by atoms with E-state index in [1.165, 1.54) is 18.2 Å². The first-order valence-electron chi connectivity index (χ1n) is 12.6. The normalized spacial score (nSPS) is 11.2. The van der Waals surface area contributed by atoms with Gasteiger partial charge in [-0.2, -0.15) is 4.57 Å². The van der Waals surface area contributed by atoms with E-state index in [1.807, 2.05) is 0 Å². The van der Waals surface area contributed by atoms with Gasteiger partial charge in [0, 0.05) is 0 Å². The van der Waals surface area contributed by atoms with Gasteiger partial charge >= 0.3 is 25.7 Å². The third-order valence-corrected chi connectivity index (χ3v) is 8.79. The highest BCUT2D eigenvalue weighted by Gasteiger charge is 2.42. The van der Waals surface area contributed by atoms with Crippen molar-refractivity contribution in [3.05, 3.63) is 85.0 Å². The Morgan fingerprint density at radius 1 is 0.488 bits per heavy atom. The predicted octanol–water partition coefficient (Wildman–Crippen LogP) is 6.56. The Kier molecular flexibility index (Phi) is 8.60. The summed E-state index contributed by atoms with van der Waals surface area (Å²) in [6.07, 6.45) is 0. The van der Waals surface area contributed by atoms with E-state index in [0.29, 0.717) is 50.1 Å². The number of carbonyl (C=O) groups is 3. The number of aromatic hydroxyl groups is 3. The number of phenolic OH excluding ortho intramolecular Hbond substituents is 3. The number of aryl methyl sites for hydroxylation is 3. The van der Waals surface area contributed by atoms with E-state index < -0.39 is 59.7 Å². The molecule has 0 aliphatic carbocycles. The molecule has 0 atom stereocenters. The molecule has 0 heterocycles. The summed E-state index contributed by atoms with van der Waals surface area (Å²) >= 11 is 0. The number of benzene rings is 3. The Hall–Kier alpha value is -4.30. The summed E-state index contributed by atoms with van der Waals surface area (Å²) < 4.78 is 28.8. The lowest BCUT2D eigenvalue weighted by Gasteiger charge is -2.19. The van der Waals surface area contributed by atoms with Crippen LogP contribution in [-0.4, -0.2) is 33.2 Å². The molecule has 0 unspecified atom stereocenters. The van der Waals surface area contributed by atoms with Crippen molar-refractivity contribution in [2.45, 2.75) is 62.3 Å². The zero-order chi connectivity index (χ0) is 31.1. The fourth-order valence-electron chi connectivity index (χ4n) is 4.18. The van der Waals surface area contributed by atoms with Crippen LogP contribution < -0.4 is 0 Å². The van der Waals surface area contributed by atoms with Crippen LogP contribution in [0.3, 0.4) is 0 Å². The summed E-state index contributed by atoms with van der Waals surface area (Å²) in [7, 11) is -5.45. The van der Waals surface area contributed by atoms with Gasteiger partial charge in [0.05, 0.1) is 0 Å². The highest BCUT2D eigenvalue weighted by molar-refractivity contribution is 7.50. The molecule has 0 aliphatic heterocycles. The molecule has 0 aliphatic rings. The van der Waals surface area contributed by atoms with Crippen molar-refractivity contribution in [2.75, 3.05) is 0 Å². The van der Waals surface area contributed by atoms with Crippen LogP contribution in [-0.2, 0) is 18.1 Å². The molecule has 0 bridgehead atoms. The van der Waals surface area contributed by atoms with Gasteiger partial charge in [-0.1, -0.05) is 0 Å². The van der Waals surface area contributed by atoms with E-state index in [-0.39, 0.29) is 0 Å². The van der Waals surface area contributed by atoms with Crippen LogP contribution >= 0.6 is 7.82 Å². The Bertz CT molecular complexity index is 1480. The van der Waals surface area contributed by atoms with Gasteiger partial charge in [-0.15, -0.1) is 0 Å².